The van der Waals surface area contributed by atoms with Gasteiger partial charge in [-0.2, -0.15) is 0 Å². The van der Waals surface area contributed by atoms with Crippen LogP contribution in [0.25, 0.3) is 22.3 Å². The summed E-state index contributed by atoms with van der Waals surface area (Å²) in [6.07, 6.45) is 3.54. The number of aromatic nitrogens is 1. The van der Waals surface area contributed by atoms with Gasteiger partial charge in [-0.05, 0) is 41.5 Å². The topological polar surface area (TPSA) is 40.6 Å². The Kier molecular flexibility index (Phi) is 3.35. The van der Waals surface area contributed by atoms with Crippen molar-refractivity contribution < 1.29 is 14.2 Å². The smallest absolute Gasteiger partial charge is 0.230 e. The molecule has 0 aliphatic carbocycles. The van der Waals surface area contributed by atoms with E-state index in [1.807, 2.05) is 42.5 Å². The van der Waals surface area contributed by atoms with Crippen molar-refractivity contribution in [3.8, 4) is 39.5 Å². The highest BCUT2D eigenvalue weighted by atomic mass is 16.7. The van der Waals surface area contributed by atoms with Crippen LogP contribution >= 0.6 is 0 Å². The first-order chi connectivity index (χ1) is 11.3. The van der Waals surface area contributed by atoms with Crippen LogP contribution < -0.4 is 14.2 Å². The monoisotopic (exact) mass is 305 g/mol. The van der Waals surface area contributed by atoms with E-state index < -0.39 is 0 Å². The molecule has 5 rings (SSSR count). The normalized spacial score (nSPS) is 12.2. The van der Waals surface area contributed by atoms with Crippen molar-refractivity contribution in [1.82, 2.24) is 4.98 Å². The Balaban J connectivity index is 1.99. The molecular formula is C19H15NO3. The van der Waals surface area contributed by atoms with E-state index in [-0.39, 0.29) is 6.79 Å². The minimum Gasteiger partial charge on any atom is -0.496 e. The van der Waals surface area contributed by atoms with E-state index in [2.05, 4.69) is 11.1 Å². The second-order valence-corrected chi connectivity index (χ2v) is 5.22. The second-order valence-electron chi connectivity index (χ2n) is 5.22. The maximum absolute atomic E-state index is 5.84. The molecule has 4 nitrogen and oxygen atoms in total. The zero-order chi connectivity index (χ0) is 15.6. The Bertz CT molecular complexity index is 846. The third-order valence-electron chi connectivity index (χ3n) is 3.88. The van der Waals surface area contributed by atoms with Crippen LogP contribution in [-0.2, 0) is 0 Å². The van der Waals surface area contributed by atoms with Gasteiger partial charge in [-0.1, -0.05) is 12.1 Å². The van der Waals surface area contributed by atoms with Crippen LogP contribution in [0.2, 0.25) is 0 Å². The van der Waals surface area contributed by atoms with Gasteiger partial charge in [0.1, 0.15) is 17.2 Å². The Hall–Kier alpha value is -3.01. The maximum atomic E-state index is 5.84. The molecule has 4 heteroatoms. The van der Waals surface area contributed by atoms with Crippen LogP contribution in [0.3, 0.4) is 0 Å². The second kappa shape index (κ2) is 5.65. The molecule has 23 heavy (non-hydrogen) atoms. The number of hydrogen-bond acceptors (Lipinski definition) is 4. The summed E-state index contributed by atoms with van der Waals surface area (Å²) in [5.41, 5.74) is 4.07. The van der Waals surface area contributed by atoms with Gasteiger partial charge >= 0.3 is 0 Å². The summed E-state index contributed by atoms with van der Waals surface area (Å²) in [6.45, 7) is 0.143. The van der Waals surface area contributed by atoms with Gasteiger partial charge in [-0.15, -0.1) is 0 Å². The first-order valence-corrected chi connectivity index (χ1v) is 7.33. The molecule has 2 aliphatic heterocycles. The molecule has 0 saturated carbocycles. The van der Waals surface area contributed by atoms with Gasteiger partial charge in [0.05, 0.1) is 7.11 Å². The van der Waals surface area contributed by atoms with Crippen molar-refractivity contribution in [2.24, 2.45) is 0 Å². The van der Waals surface area contributed by atoms with E-state index in [4.69, 9.17) is 14.2 Å². The molecule has 0 saturated heterocycles. The largest absolute Gasteiger partial charge is 0.496 e. The van der Waals surface area contributed by atoms with Crippen LogP contribution in [0.15, 0.2) is 60.9 Å². The molecule has 114 valence electrons. The van der Waals surface area contributed by atoms with Crippen LogP contribution in [-0.4, -0.2) is 18.9 Å². The Morgan fingerprint density at radius 2 is 1.78 bits per heavy atom. The fourth-order valence-electron chi connectivity index (χ4n) is 2.75. The number of fused-ring (bicyclic) bond motifs is 4. The number of methoxy groups -OCH3 is 1. The standard InChI is InChI=1S/C19H15NO3/c1-21-18-11-19-16(13-5-7-20-8-6-13)10-17(18)14-3-2-4-15(9-14)22-12-23-19/h2-11H,12H2,1H3. The number of pyridine rings is 1. The highest BCUT2D eigenvalue weighted by Gasteiger charge is 2.17. The van der Waals surface area contributed by atoms with Gasteiger partial charge in [0.2, 0.25) is 6.79 Å². The lowest BCUT2D eigenvalue weighted by Gasteiger charge is -2.19. The summed E-state index contributed by atoms with van der Waals surface area (Å²) < 4.78 is 17.1. The predicted molar refractivity (Wildman–Crippen MR) is 87.8 cm³/mol. The van der Waals surface area contributed by atoms with Gasteiger partial charge in [0.25, 0.3) is 0 Å². The first kappa shape index (κ1) is 13.6. The molecule has 1 aromatic heterocycles. The van der Waals surface area contributed by atoms with Crippen molar-refractivity contribution in [3.05, 3.63) is 60.9 Å². The fraction of sp³-hybridized carbons (Fsp3) is 0.105. The summed E-state index contributed by atoms with van der Waals surface area (Å²) in [6, 6.07) is 15.8. The molecule has 3 aromatic rings. The summed E-state index contributed by atoms with van der Waals surface area (Å²) in [5.74, 6) is 2.27. The summed E-state index contributed by atoms with van der Waals surface area (Å²) >= 11 is 0. The van der Waals surface area contributed by atoms with Gasteiger partial charge in [-0.25, -0.2) is 0 Å². The van der Waals surface area contributed by atoms with E-state index >= 15 is 0 Å². The third kappa shape index (κ3) is 2.48. The van der Waals surface area contributed by atoms with Gasteiger partial charge in [0, 0.05) is 29.6 Å². The first-order valence-electron chi connectivity index (χ1n) is 7.33. The average molecular weight is 305 g/mol. The minimum atomic E-state index is 0.143. The average Bonchev–Trinajstić information content (AvgIpc) is 2.62. The Labute approximate surface area is 134 Å². The lowest BCUT2D eigenvalue weighted by Crippen LogP contribution is -2.08. The third-order valence-corrected chi connectivity index (χ3v) is 3.88. The highest BCUT2D eigenvalue weighted by molar-refractivity contribution is 5.82. The Morgan fingerprint density at radius 1 is 0.913 bits per heavy atom. The van der Waals surface area contributed by atoms with Crippen molar-refractivity contribution in [3.63, 3.8) is 0 Å². The molecule has 0 atom stereocenters. The molecule has 0 N–H and O–H groups in total. The number of nitrogens with zero attached hydrogens (tertiary/aromatic N) is 1. The molecule has 2 aromatic carbocycles. The van der Waals surface area contributed by atoms with Crippen LogP contribution in [0.1, 0.15) is 0 Å². The zero-order valence-electron chi connectivity index (χ0n) is 12.7. The maximum Gasteiger partial charge on any atom is 0.230 e. The molecule has 2 aliphatic rings. The van der Waals surface area contributed by atoms with E-state index in [1.54, 1.807) is 19.5 Å². The molecule has 3 heterocycles. The van der Waals surface area contributed by atoms with Crippen LogP contribution in [0.5, 0.6) is 17.2 Å². The Morgan fingerprint density at radius 3 is 2.61 bits per heavy atom. The molecular weight excluding hydrogens is 290 g/mol. The number of ether oxygens (including phenoxy) is 3. The lowest BCUT2D eigenvalue weighted by atomic mass is 9.97. The van der Waals surface area contributed by atoms with Crippen molar-refractivity contribution in [2.75, 3.05) is 13.9 Å². The van der Waals surface area contributed by atoms with Crippen molar-refractivity contribution in [1.29, 1.82) is 0 Å². The molecule has 0 spiro atoms. The quantitative estimate of drug-likeness (QED) is 0.713. The molecule has 0 unspecified atom stereocenters. The molecule has 0 radical (unpaired) electrons. The van der Waals surface area contributed by atoms with Gasteiger partial charge in [0.15, 0.2) is 0 Å². The van der Waals surface area contributed by atoms with Gasteiger partial charge in [-0.3, -0.25) is 4.98 Å². The van der Waals surface area contributed by atoms with Crippen LogP contribution in [0, 0.1) is 0 Å². The number of hydrogen-bond donors (Lipinski definition) is 0. The summed E-state index contributed by atoms with van der Waals surface area (Å²) in [5, 5.41) is 0. The molecule has 4 bridgehead atoms. The zero-order valence-corrected chi connectivity index (χ0v) is 12.7. The molecule has 0 amide bonds. The number of benzene rings is 2. The summed E-state index contributed by atoms with van der Waals surface area (Å²) in [4.78, 5) is 4.08. The van der Waals surface area contributed by atoms with Crippen LogP contribution in [0.4, 0.5) is 0 Å². The van der Waals surface area contributed by atoms with E-state index in [0.717, 1.165) is 39.5 Å². The summed E-state index contributed by atoms with van der Waals surface area (Å²) in [7, 11) is 1.67. The van der Waals surface area contributed by atoms with E-state index in [9.17, 15) is 0 Å². The predicted octanol–water partition coefficient (Wildman–Crippen LogP) is 4.15. The molecule has 0 fully saturated rings. The fourth-order valence-corrected chi connectivity index (χ4v) is 2.75. The van der Waals surface area contributed by atoms with Crippen molar-refractivity contribution >= 4 is 0 Å². The lowest BCUT2D eigenvalue weighted by molar-refractivity contribution is 0.120. The van der Waals surface area contributed by atoms with Gasteiger partial charge < -0.3 is 14.2 Å². The number of rotatable bonds is 2. The highest BCUT2D eigenvalue weighted by Crippen LogP contribution is 2.42. The SMILES string of the molecule is COc1cc2c(-c3ccncc3)cc1-c1cccc(c1)OCO2. The van der Waals surface area contributed by atoms with E-state index in [1.165, 1.54) is 0 Å². The minimum absolute atomic E-state index is 0.143. The van der Waals surface area contributed by atoms with Crippen molar-refractivity contribution in [2.45, 2.75) is 0 Å². The van der Waals surface area contributed by atoms with E-state index in [0.29, 0.717) is 0 Å².